The van der Waals surface area contributed by atoms with Gasteiger partial charge in [-0.05, 0) is 51.4 Å². The maximum atomic E-state index is 12.5. The topological polar surface area (TPSA) is 212 Å². The maximum Gasteiger partial charge on any atom is 0.472 e. The molecule has 310 valence electrons. The van der Waals surface area contributed by atoms with Crippen LogP contribution in [0, 0.1) is 0 Å². The summed E-state index contributed by atoms with van der Waals surface area (Å²) in [6.07, 6.45) is 30.9. The zero-order chi connectivity index (χ0) is 40.3. The van der Waals surface area contributed by atoms with Crippen LogP contribution in [0.1, 0.15) is 129 Å². The van der Waals surface area contributed by atoms with E-state index in [-0.39, 0.29) is 12.8 Å². The van der Waals surface area contributed by atoms with Crippen LogP contribution in [-0.4, -0.2) is 82.3 Å². The number of unbranched alkanes of at least 4 members (excludes halogenated alkanes) is 9. The highest BCUT2D eigenvalue weighted by Gasteiger charge is 2.28. The zero-order valence-corrected chi connectivity index (χ0v) is 33.4. The number of carbonyl (C=O) groups excluding carboxylic acids is 2. The number of allylic oxidation sites excluding steroid dienone is 8. The number of aliphatic carboxylic acids is 1. The van der Waals surface area contributed by atoms with Crippen LogP contribution in [0.2, 0.25) is 0 Å². The Kier molecular flexibility index (Phi) is 32.7. The summed E-state index contributed by atoms with van der Waals surface area (Å²) >= 11 is 0. The summed E-state index contributed by atoms with van der Waals surface area (Å²) in [5.41, 5.74) is 5.30. The molecule has 0 aliphatic heterocycles. The number of aliphatic hydroxyl groups excluding tert-OH is 2. The first kappa shape index (κ1) is 51.1. The number of phosphoric ester groups is 1. The van der Waals surface area contributed by atoms with E-state index in [1.165, 1.54) is 12.8 Å². The monoisotopic (exact) mass is 785 g/mol. The first-order chi connectivity index (χ1) is 25.9. The second kappa shape index (κ2) is 34.6. The molecule has 0 fully saturated rings. The van der Waals surface area contributed by atoms with Gasteiger partial charge in [0.15, 0.2) is 6.10 Å². The molecular formula is C40H68NO12P. The molecule has 0 aliphatic carbocycles. The average Bonchev–Trinajstić information content (AvgIpc) is 3.13. The van der Waals surface area contributed by atoms with Gasteiger partial charge >= 0.3 is 25.7 Å². The van der Waals surface area contributed by atoms with Crippen molar-refractivity contribution in [3.63, 3.8) is 0 Å². The molecule has 13 nitrogen and oxygen atoms in total. The molecule has 0 aliphatic rings. The van der Waals surface area contributed by atoms with E-state index in [1.54, 1.807) is 24.3 Å². The molecule has 0 aromatic rings. The molecule has 6 N–H and O–H groups in total. The van der Waals surface area contributed by atoms with E-state index >= 15 is 0 Å². The number of carboxylic acid groups (broad SMARTS) is 1. The predicted molar refractivity (Wildman–Crippen MR) is 210 cm³/mol. The molecule has 0 aromatic carbocycles. The number of esters is 2. The molecule has 0 heterocycles. The van der Waals surface area contributed by atoms with Crippen LogP contribution in [0.15, 0.2) is 60.8 Å². The lowest BCUT2D eigenvalue weighted by atomic mass is 10.1. The number of rotatable bonds is 35. The number of hydrogen-bond donors (Lipinski definition) is 5. The predicted octanol–water partition coefficient (Wildman–Crippen LogP) is 7.55. The Morgan fingerprint density at radius 2 is 1.22 bits per heavy atom. The van der Waals surface area contributed by atoms with Gasteiger partial charge < -0.3 is 35.4 Å². The standard InChI is InChI=1S/C40H68NO12P/c1-3-5-7-8-9-10-11-12-16-19-23-29-39(45)53-36(32-51-54(48,49)52-33-37(41)40(46)47)31-50-38(44)30-24-28-35(43)27-22-18-15-13-14-17-21-26-34(42)25-20-6-4-2/h8-9,14-15,17-18,21-22,26-27,34-37,42-43H,3-7,10-13,16,19-20,23-25,28-33,41H2,1-2H3,(H,46,47)(H,48,49)/b9-8-,17-14-,18-15-,26-21+,27-22+/t34-,35-,36+,37-/m0/s1. The molecule has 0 saturated carbocycles. The normalized spacial score (nSPS) is 15.7. The van der Waals surface area contributed by atoms with Crippen molar-refractivity contribution in [2.24, 2.45) is 5.73 Å². The van der Waals surface area contributed by atoms with Crippen LogP contribution in [0.3, 0.4) is 0 Å². The van der Waals surface area contributed by atoms with Crippen molar-refractivity contribution in [3.05, 3.63) is 60.8 Å². The lowest BCUT2D eigenvalue weighted by Gasteiger charge is -2.20. The van der Waals surface area contributed by atoms with E-state index in [9.17, 15) is 34.1 Å². The molecule has 0 radical (unpaired) electrons. The van der Waals surface area contributed by atoms with Crippen LogP contribution in [0.5, 0.6) is 0 Å². The van der Waals surface area contributed by atoms with E-state index in [2.05, 4.69) is 30.5 Å². The summed E-state index contributed by atoms with van der Waals surface area (Å²) in [4.78, 5) is 45.8. The molecule has 1 unspecified atom stereocenters. The SMILES string of the molecule is CCCC/C=C\CCCCCCCC(=O)O[C@H](COC(=O)CCC[C@@H](O)/C=C/C=C\C/C=C\C=C\[C@@H](O)CCCCC)COP(=O)(O)OC[C@H](N)C(=O)O. The Hall–Kier alpha value is -2.90. The lowest BCUT2D eigenvalue weighted by molar-refractivity contribution is -0.161. The Labute approximate surface area is 323 Å². The largest absolute Gasteiger partial charge is 0.480 e. The first-order valence-electron chi connectivity index (χ1n) is 19.5. The summed E-state index contributed by atoms with van der Waals surface area (Å²) in [5.74, 6) is -2.66. The number of carbonyl (C=O) groups is 3. The molecule has 54 heavy (non-hydrogen) atoms. The summed E-state index contributed by atoms with van der Waals surface area (Å²) in [6.45, 7) is 2.38. The zero-order valence-electron chi connectivity index (χ0n) is 32.5. The van der Waals surface area contributed by atoms with Crippen LogP contribution >= 0.6 is 7.82 Å². The number of aliphatic hydroxyl groups is 2. The Balaban J connectivity index is 4.68. The van der Waals surface area contributed by atoms with Gasteiger partial charge in [0.2, 0.25) is 0 Å². The van der Waals surface area contributed by atoms with Crippen LogP contribution in [-0.2, 0) is 37.5 Å². The van der Waals surface area contributed by atoms with Gasteiger partial charge in [-0.2, -0.15) is 0 Å². The van der Waals surface area contributed by atoms with E-state index in [4.69, 9.17) is 24.8 Å². The van der Waals surface area contributed by atoms with Gasteiger partial charge in [0.1, 0.15) is 12.6 Å². The number of nitrogens with two attached hydrogens (primary N) is 1. The quantitative estimate of drug-likeness (QED) is 0.0138. The van der Waals surface area contributed by atoms with E-state index in [0.717, 1.165) is 64.2 Å². The van der Waals surface area contributed by atoms with Crippen LogP contribution < -0.4 is 5.73 Å². The van der Waals surface area contributed by atoms with E-state index in [1.807, 2.05) is 24.3 Å². The highest BCUT2D eigenvalue weighted by Crippen LogP contribution is 2.43. The third-order valence-corrected chi connectivity index (χ3v) is 8.90. The van der Waals surface area contributed by atoms with Crippen molar-refractivity contribution >= 4 is 25.7 Å². The van der Waals surface area contributed by atoms with Gasteiger partial charge in [0.05, 0.1) is 25.4 Å². The second-order valence-electron chi connectivity index (χ2n) is 13.1. The fourth-order valence-electron chi connectivity index (χ4n) is 4.73. The fraction of sp³-hybridized carbons (Fsp3) is 0.675. The number of hydrogen-bond acceptors (Lipinski definition) is 11. The van der Waals surface area contributed by atoms with Crippen molar-refractivity contribution < 1.29 is 57.7 Å². The smallest absolute Gasteiger partial charge is 0.472 e. The summed E-state index contributed by atoms with van der Waals surface area (Å²) in [5, 5.41) is 28.9. The molecule has 0 bridgehead atoms. The fourth-order valence-corrected chi connectivity index (χ4v) is 5.51. The number of ether oxygens (including phenoxy) is 2. The average molecular weight is 786 g/mol. The van der Waals surface area contributed by atoms with Gasteiger partial charge in [0, 0.05) is 12.8 Å². The van der Waals surface area contributed by atoms with Gasteiger partial charge in [-0.25, -0.2) is 4.57 Å². The molecule has 0 aromatic heterocycles. The minimum Gasteiger partial charge on any atom is -0.480 e. The number of phosphoric acid groups is 1. The summed E-state index contributed by atoms with van der Waals surface area (Å²) in [6, 6.07) is -1.56. The third-order valence-electron chi connectivity index (χ3n) is 7.95. The lowest BCUT2D eigenvalue weighted by Crippen LogP contribution is -2.34. The second-order valence-corrected chi connectivity index (χ2v) is 14.6. The molecule has 0 amide bonds. The van der Waals surface area contributed by atoms with Crippen LogP contribution in [0.25, 0.3) is 0 Å². The molecule has 5 atom stereocenters. The highest BCUT2D eigenvalue weighted by molar-refractivity contribution is 7.47. The van der Waals surface area contributed by atoms with Crippen molar-refractivity contribution in [2.45, 2.75) is 154 Å². The molecule has 0 spiro atoms. The van der Waals surface area contributed by atoms with E-state index < -0.39 is 69.9 Å². The summed E-state index contributed by atoms with van der Waals surface area (Å²) < 4.78 is 32.4. The molecular weight excluding hydrogens is 717 g/mol. The van der Waals surface area contributed by atoms with Crippen molar-refractivity contribution in [1.29, 1.82) is 0 Å². The summed E-state index contributed by atoms with van der Waals surface area (Å²) in [7, 11) is -4.77. The molecule has 14 heteroatoms. The van der Waals surface area contributed by atoms with E-state index in [0.29, 0.717) is 25.7 Å². The van der Waals surface area contributed by atoms with Gasteiger partial charge in [-0.15, -0.1) is 0 Å². The van der Waals surface area contributed by atoms with Gasteiger partial charge in [0.25, 0.3) is 0 Å². The van der Waals surface area contributed by atoms with Crippen molar-refractivity contribution in [2.75, 3.05) is 19.8 Å². The van der Waals surface area contributed by atoms with Crippen molar-refractivity contribution in [1.82, 2.24) is 0 Å². The maximum absolute atomic E-state index is 12.5. The van der Waals surface area contributed by atoms with Crippen molar-refractivity contribution in [3.8, 4) is 0 Å². The number of carboxylic acids is 1. The Morgan fingerprint density at radius 3 is 1.85 bits per heavy atom. The minimum atomic E-state index is -4.77. The minimum absolute atomic E-state index is 0.0307. The highest BCUT2D eigenvalue weighted by atomic mass is 31.2. The first-order valence-corrected chi connectivity index (χ1v) is 21.0. The Bertz CT molecular complexity index is 1190. The van der Waals surface area contributed by atoms with Gasteiger partial charge in [-0.1, -0.05) is 126 Å². The molecule has 0 rings (SSSR count). The third kappa shape index (κ3) is 33.7. The van der Waals surface area contributed by atoms with Crippen LogP contribution in [0.4, 0.5) is 0 Å². The Morgan fingerprint density at radius 1 is 0.667 bits per heavy atom. The molecule has 0 saturated heterocycles. The van der Waals surface area contributed by atoms with Gasteiger partial charge in [-0.3, -0.25) is 23.4 Å².